The second-order valence-corrected chi connectivity index (χ2v) is 3.90. The maximum absolute atomic E-state index is 11.5. The van der Waals surface area contributed by atoms with Gasteiger partial charge >= 0.3 is 0 Å². The van der Waals surface area contributed by atoms with Gasteiger partial charge in [0.05, 0.1) is 6.42 Å². The monoisotopic (exact) mass is 236 g/mol. The number of phenols is 1. The van der Waals surface area contributed by atoms with Gasteiger partial charge in [-0.15, -0.1) is 0 Å². The standard InChI is InChI=1S/C13H20N2O2/c1-2-14-7-4-8-15-13(17)10-11-5-3-6-12(16)9-11/h3,5-6,9,14,16H,2,4,7-8,10H2,1H3,(H,15,17). The minimum atomic E-state index is -0.00732. The Morgan fingerprint density at radius 3 is 2.88 bits per heavy atom. The highest BCUT2D eigenvalue weighted by atomic mass is 16.3. The van der Waals surface area contributed by atoms with Crippen LogP contribution in [0.25, 0.3) is 0 Å². The Labute approximate surface area is 102 Å². The molecule has 3 N–H and O–H groups in total. The fourth-order valence-electron chi connectivity index (χ4n) is 1.53. The number of hydrogen-bond donors (Lipinski definition) is 3. The molecule has 0 aliphatic rings. The van der Waals surface area contributed by atoms with Crippen LogP contribution in [0, 0.1) is 0 Å². The van der Waals surface area contributed by atoms with E-state index in [1.165, 1.54) is 0 Å². The van der Waals surface area contributed by atoms with Gasteiger partial charge in [-0.25, -0.2) is 0 Å². The Hall–Kier alpha value is -1.55. The van der Waals surface area contributed by atoms with Gasteiger partial charge in [-0.1, -0.05) is 19.1 Å². The molecule has 0 spiro atoms. The number of hydrogen-bond acceptors (Lipinski definition) is 3. The Kier molecular flexibility index (Phi) is 6.10. The number of carbonyl (C=O) groups is 1. The Morgan fingerprint density at radius 2 is 2.18 bits per heavy atom. The molecule has 17 heavy (non-hydrogen) atoms. The average Bonchev–Trinajstić information content (AvgIpc) is 2.29. The fraction of sp³-hybridized carbons (Fsp3) is 0.462. The number of amides is 1. The van der Waals surface area contributed by atoms with Crippen LogP contribution in [0.5, 0.6) is 5.75 Å². The summed E-state index contributed by atoms with van der Waals surface area (Å²) in [7, 11) is 0. The molecule has 4 heteroatoms. The molecule has 0 atom stereocenters. The molecule has 4 nitrogen and oxygen atoms in total. The molecule has 1 amide bonds. The number of nitrogens with one attached hydrogen (secondary N) is 2. The Bertz CT molecular complexity index is 353. The molecule has 0 saturated carbocycles. The van der Waals surface area contributed by atoms with Crippen LogP contribution in [0.4, 0.5) is 0 Å². The number of aromatic hydroxyl groups is 1. The Morgan fingerprint density at radius 1 is 1.35 bits per heavy atom. The van der Waals surface area contributed by atoms with Crippen molar-refractivity contribution in [3.05, 3.63) is 29.8 Å². The molecule has 0 fully saturated rings. The summed E-state index contributed by atoms with van der Waals surface area (Å²) in [6.45, 7) is 4.62. The van der Waals surface area contributed by atoms with Crippen molar-refractivity contribution in [3.63, 3.8) is 0 Å². The van der Waals surface area contributed by atoms with Crippen molar-refractivity contribution in [2.24, 2.45) is 0 Å². The van der Waals surface area contributed by atoms with E-state index in [2.05, 4.69) is 17.6 Å². The molecule has 0 unspecified atom stereocenters. The van der Waals surface area contributed by atoms with E-state index in [1.54, 1.807) is 18.2 Å². The van der Waals surface area contributed by atoms with Crippen molar-refractivity contribution in [1.29, 1.82) is 0 Å². The van der Waals surface area contributed by atoms with Gasteiger partial charge in [-0.3, -0.25) is 4.79 Å². The first-order chi connectivity index (χ1) is 8.22. The van der Waals surface area contributed by atoms with Gasteiger partial charge < -0.3 is 15.7 Å². The SMILES string of the molecule is CCNCCCNC(=O)Cc1cccc(O)c1. The lowest BCUT2D eigenvalue weighted by molar-refractivity contribution is -0.120. The van der Waals surface area contributed by atoms with Crippen LogP contribution < -0.4 is 10.6 Å². The third-order valence-electron chi connectivity index (χ3n) is 2.38. The van der Waals surface area contributed by atoms with E-state index in [1.807, 2.05) is 6.07 Å². The molecule has 0 saturated heterocycles. The normalized spacial score (nSPS) is 10.2. The maximum atomic E-state index is 11.5. The zero-order valence-corrected chi connectivity index (χ0v) is 10.2. The van der Waals surface area contributed by atoms with Crippen LogP contribution >= 0.6 is 0 Å². The number of phenolic OH excluding ortho intramolecular Hbond substituents is 1. The summed E-state index contributed by atoms with van der Waals surface area (Å²) in [4.78, 5) is 11.5. The smallest absolute Gasteiger partial charge is 0.224 e. The van der Waals surface area contributed by atoms with Gasteiger partial charge in [0, 0.05) is 6.54 Å². The van der Waals surface area contributed by atoms with Crippen molar-refractivity contribution in [2.75, 3.05) is 19.6 Å². The summed E-state index contributed by atoms with van der Waals surface area (Å²) in [5, 5.41) is 15.3. The summed E-state index contributed by atoms with van der Waals surface area (Å²) in [5.41, 5.74) is 0.828. The summed E-state index contributed by atoms with van der Waals surface area (Å²) in [5.74, 6) is 0.189. The van der Waals surface area contributed by atoms with E-state index < -0.39 is 0 Å². The predicted molar refractivity (Wildman–Crippen MR) is 68.0 cm³/mol. The average molecular weight is 236 g/mol. The summed E-state index contributed by atoms with van der Waals surface area (Å²) >= 11 is 0. The van der Waals surface area contributed by atoms with Gasteiger partial charge in [0.15, 0.2) is 0 Å². The predicted octanol–water partition coefficient (Wildman–Crippen LogP) is 1.05. The zero-order chi connectivity index (χ0) is 12.5. The van der Waals surface area contributed by atoms with Crippen molar-refractivity contribution in [3.8, 4) is 5.75 Å². The summed E-state index contributed by atoms with van der Waals surface area (Å²) < 4.78 is 0. The first-order valence-electron chi connectivity index (χ1n) is 5.97. The van der Waals surface area contributed by atoms with Crippen LogP contribution in [-0.2, 0) is 11.2 Å². The second kappa shape index (κ2) is 7.68. The highest BCUT2D eigenvalue weighted by Gasteiger charge is 2.02. The lowest BCUT2D eigenvalue weighted by atomic mass is 10.1. The first kappa shape index (κ1) is 13.5. The molecule has 0 aliphatic heterocycles. The van der Waals surface area contributed by atoms with E-state index in [-0.39, 0.29) is 11.7 Å². The zero-order valence-electron chi connectivity index (χ0n) is 10.2. The van der Waals surface area contributed by atoms with Crippen LogP contribution in [0.15, 0.2) is 24.3 Å². The van der Waals surface area contributed by atoms with Crippen molar-refractivity contribution >= 4 is 5.91 Å². The number of carbonyl (C=O) groups excluding carboxylic acids is 1. The largest absolute Gasteiger partial charge is 0.508 e. The molecular weight excluding hydrogens is 216 g/mol. The van der Waals surface area contributed by atoms with Gasteiger partial charge in [-0.05, 0) is 37.2 Å². The lowest BCUT2D eigenvalue weighted by Crippen LogP contribution is -2.28. The molecule has 1 aromatic rings. The maximum Gasteiger partial charge on any atom is 0.224 e. The molecule has 0 heterocycles. The highest BCUT2D eigenvalue weighted by Crippen LogP contribution is 2.10. The van der Waals surface area contributed by atoms with Crippen LogP contribution in [0.1, 0.15) is 18.9 Å². The second-order valence-electron chi connectivity index (χ2n) is 3.90. The summed E-state index contributed by atoms with van der Waals surface area (Å²) in [6, 6.07) is 6.77. The van der Waals surface area contributed by atoms with Gasteiger partial charge in [0.1, 0.15) is 5.75 Å². The molecular formula is C13H20N2O2. The van der Waals surface area contributed by atoms with Gasteiger partial charge in [0.2, 0.25) is 5.91 Å². The third-order valence-corrected chi connectivity index (χ3v) is 2.38. The quantitative estimate of drug-likeness (QED) is 0.620. The molecule has 0 bridgehead atoms. The molecule has 0 aliphatic carbocycles. The molecule has 1 aromatic carbocycles. The van der Waals surface area contributed by atoms with E-state index in [0.29, 0.717) is 13.0 Å². The first-order valence-corrected chi connectivity index (χ1v) is 5.97. The molecule has 0 aromatic heterocycles. The van der Waals surface area contributed by atoms with E-state index >= 15 is 0 Å². The number of benzene rings is 1. The van der Waals surface area contributed by atoms with E-state index in [4.69, 9.17) is 0 Å². The van der Waals surface area contributed by atoms with Crippen LogP contribution in [-0.4, -0.2) is 30.6 Å². The van der Waals surface area contributed by atoms with Gasteiger partial charge in [-0.2, -0.15) is 0 Å². The number of rotatable bonds is 7. The lowest BCUT2D eigenvalue weighted by Gasteiger charge is -2.06. The van der Waals surface area contributed by atoms with Crippen molar-refractivity contribution in [1.82, 2.24) is 10.6 Å². The van der Waals surface area contributed by atoms with E-state index in [0.717, 1.165) is 25.1 Å². The topological polar surface area (TPSA) is 61.4 Å². The summed E-state index contributed by atoms with van der Waals surface area (Å²) in [6.07, 6.45) is 1.25. The van der Waals surface area contributed by atoms with E-state index in [9.17, 15) is 9.90 Å². The van der Waals surface area contributed by atoms with Crippen molar-refractivity contribution in [2.45, 2.75) is 19.8 Å². The van der Waals surface area contributed by atoms with Crippen molar-refractivity contribution < 1.29 is 9.90 Å². The molecule has 94 valence electrons. The Balaban J connectivity index is 2.21. The van der Waals surface area contributed by atoms with Crippen LogP contribution in [0.3, 0.4) is 0 Å². The highest BCUT2D eigenvalue weighted by molar-refractivity contribution is 5.78. The minimum Gasteiger partial charge on any atom is -0.508 e. The van der Waals surface area contributed by atoms with Gasteiger partial charge in [0.25, 0.3) is 0 Å². The third kappa shape index (κ3) is 5.92. The minimum absolute atomic E-state index is 0.00732. The van der Waals surface area contributed by atoms with Crippen LogP contribution in [0.2, 0.25) is 0 Å². The fourth-order valence-corrected chi connectivity index (χ4v) is 1.53. The molecule has 0 radical (unpaired) electrons. The molecule has 1 rings (SSSR count).